The number of para-hydroxylation sites is 2. The third kappa shape index (κ3) is 5.23. The number of ether oxygens (including phenoxy) is 1. The van der Waals surface area contributed by atoms with Gasteiger partial charge in [-0.25, -0.2) is 13.1 Å². The fourth-order valence-electron chi connectivity index (χ4n) is 2.91. The first-order valence-electron chi connectivity index (χ1n) is 8.93. The molecule has 7 nitrogen and oxygen atoms in total. The minimum absolute atomic E-state index is 0.00112. The molecule has 0 atom stereocenters. The summed E-state index contributed by atoms with van der Waals surface area (Å²) in [5.74, 6) is -0.275. The fraction of sp³-hybridized carbons (Fsp3) is 0.316. The lowest BCUT2D eigenvalue weighted by Crippen LogP contribution is -2.36. The molecular formula is C19H22ClN3O4S. The molecule has 2 aromatic rings. The number of sulfonamides is 1. The Morgan fingerprint density at radius 2 is 1.75 bits per heavy atom. The van der Waals surface area contributed by atoms with Crippen molar-refractivity contribution in [3.8, 4) is 0 Å². The van der Waals surface area contributed by atoms with Crippen molar-refractivity contribution in [2.45, 2.75) is 11.3 Å². The molecule has 0 bridgehead atoms. The molecule has 0 spiro atoms. The lowest BCUT2D eigenvalue weighted by Gasteiger charge is -2.30. The molecule has 1 saturated heterocycles. The Hall–Kier alpha value is -2.13. The van der Waals surface area contributed by atoms with Crippen LogP contribution in [0.25, 0.3) is 0 Å². The summed E-state index contributed by atoms with van der Waals surface area (Å²) in [6.07, 6.45) is 0.00112. The van der Waals surface area contributed by atoms with Gasteiger partial charge in [0.2, 0.25) is 15.9 Å². The molecule has 150 valence electrons. The van der Waals surface area contributed by atoms with Crippen molar-refractivity contribution in [3.63, 3.8) is 0 Å². The molecule has 0 unspecified atom stereocenters. The van der Waals surface area contributed by atoms with E-state index in [1.807, 2.05) is 24.3 Å². The molecule has 1 aliphatic heterocycles. The summed E-state index contributed by atoms with van der Waals surface area (Å²) in [6, 6.07) is 13.7. The van der Waals surface area contributed by atoms with Gasteiger partial charge in [0.25, 0.3) is 0 Å². The van der Waals surface area contributed by atoms with Gasteiger partial charge in [0, 0.05) is 26.1 Å². The summed E-state index contributed by atoms with van der Waals surface area (Å²) in [5.41, 5.74) is 1.62. The number of rotatable bonds is 7. The Morgan fingerprint density at radius 3 is 2.50 bits per heavy atom. The van der Waals surface area contributed by atoms with Crippen LogP contribution in [0, 0.1) is 0 Å². The van der Waals surface area contributed by atoms with Gasteiger partial charge in [-0.3, -0.25) is 4.79 Å². The number of carbonyl (C=O) groups is 1. The van der Waals surface area contributed by atoms with Crippen molar-refractivity contribution >= 4 is 38.9 Å². The smallest absolute Gasteiger partial charge is 0.242 e. The molecule has 0 aliphatic carbocycles. The fourth-order valence-corrected chi connectivity index (χ4v) is 4.46. The number of amides is 1. The molecule has 0 aromatic heterocycles. The number of hydrogen-bond acceptors (Lipinski definition) is 5. The Morgan fingerprint density at radius 1 is 1.07 bits per heavy atom. The van der Waals surface area contributed by atoms with Crippen LogP contribution in [0.1, 0.15) is 6.42 Å². The molecule has 2 aromatic carbocycles. The first-order chi connectivity index (χ1) is 13.5. The Balaban J connectivity index is 1.57. The summed E-state index contributed by atoms with van der Waals surface area (Å²) in [6.45, 7) is 2.77. The minimum Gasteiger partial charge on any atom is -0.378 e. The maximum absolute atomic E-state index is 12.3. The van der Waals surface area contributed by atoms with Crippen molar-refractivity contribution in [3.05, 3.63) is 53.6 Å². The lowest BCUT2D eigenvalue weighted by molar-refractivity contribution is -0.116. The second-order valence-corrected chi connectivity index (χ2v) is 8.39. The Labute approximate surface area is 169 Å². The number of benzene rings is 2. The van der Waals surface area contributed by atoms with Crippen LogP contribution in [0.3, 0.4) is 0 Å². The highest BCUT2D eigenvalue weighted by atomic mass is 35.5. The maximum atomic E-state index is 12.3. The van der Waals surface area contributed by atoms with Crippen molar-refractivity contribution in [2.75, 3.05) is 43.1 Å². The number of nitrogens with one attached hydrogen (secondary N) is 2. The van der Waals surface area contributed by atoms with E-state index in [0.29, 0.717) is 18.9 Å². The molecule has 1 amide bonds. The number of anilines is 2. The number of halogens is 1. The molecule has 0 saturated carbocycles. The SMILES string of the molecule is O=C(CCNS(=O)(=O)c1ccccc1Cl)Nc1ccccc1N1CCOCC1. The van der Waals surface area contributed by atoms with Gasteiger partial charge in [0.05, 0.1) is 29.6 Å². The molecular weight excluding hydrogens is 402 g/mol. The van der Waals surface area contributed by atoms with E-state index in [0.717, 1.165) is 18.8 Å². The first-order valence-corrected chi connectivity index (χ1v) is 10.8. The topological polar surface area (TPSA) is 87.7 Å². The van der Waals surface area contributed by atoms with E-state index in [1.165, 1.54) is 12.1 Å². The molecule has 3 rings (SSSR count). The number of carbonyl (C=O) groups excluding carboxylic acids is 1. The van der Waals surface area contributed by atoms with Gasteiger partial charge < -0.3 is 15.0 Å². The van der Waals surface area contributed by atoms with E-state index in [-0.39, 0.29) is 28.8 Å². The van der Waals surface area contributed by atoms with Crippen molar-refractivity contribution in [1.29, 1.82) is 0 Å². The minimum atomic E-state index is -3.77. The Kier molecular flexibility index (Phi) is 6.90. The molecule has 28 heavy (non-hydrogen) atoms. The monoisotopic (exact) mass is 423 g/mol. The molecule has 0 radical (unpaired) electrons. The summed E-state index contributed by atoms with van der Waals surface area (Å²) in [4.78, 5) is 14.5. The zero-order valence-electron chi connectivity index (χ0n) is 15.2. The third-order valence-electron chi connectivity index (χ3n) is 4.30. The zero-order valence-corrected chi connectivity index (χ0v) is 16.8. The van der Waals surface area contributed by atoms with E-state index in [1.54, 1.807) is 12.1 Å². The summed E-state index contributed by atoms with van der Waals surface area (Å²) < 4.78 is 32.4. The second kappa shape index (κ2) is 9.38. The highest BCUT2D eigenvalue weighted by Gasteiger charge is 2.18. The molecule has 1 aliphatic rings. The van der Waals surface area contributed by atoms with Gasteiger partial charge in [-0.1, -0.05) is 35.9 Å². The maximum Gasteiger partial charge on any atom is 0.242 e. The van der Waals surface area contributed by atoms with Crippen LogP contribution >= 0.6 is 11.6 Å². The van der Waals surface area contributed by atoms with Gasteiger partial charge >= 0.3 is 0 Å². The zero-order chi connectivity index (χ0) is 20.0. The number of morpholine rings is 1. The molecule has 1 heterocycles. The predicted octanol–water partition coefficient (Wildman–Crippen LogP) is 2.48. The van der Waals surface area contributed by atoms with Crippen LogP contribution in [-0.4, -0.2) is 47.2 Å². The van der Waals surface area contributed by atoms with Crippen LogP contribution in [0.4, 0.5) is 11.4 Å². The highest BCUT2D eigenvalue weighted by Crippen LogP contribution is 2.26. The number of hydrogen-bond donors (Lipinski definition) is 2. The van der Waals surface area contributed by atoms with Gasteiger partial charge in [-0.15, -0.1) is 0 Å². The van der Waals surface area contributed by atoms with E-state index in [2.05, 4.69) is 14.9 Å². The van der Waals surface area contributed by atoms with Crippen LogP contribution in [0.5, 0.6) is 0 Å². The van der Waals surface area contributed by atoms with E-state index in [4.69, 9.17) is 16.3 Å². The van der Waals surface area contributed by atoms with E-state index >= 15 is 0 Å². The summed E-state index contributed by atoms with van der Waals surface area (Å²) in [5, 5.41) is 3.00. The van der Waals surface area contributed by atoms with Crippen LogP contribution in [-0.2, 0) is 19.6 Å². The Bertz CT molecular complexity index is 930. The van der Waals surface area contributed by atoms with E-state index < -0.39 is 10.0 Å². The highest BCUT2D eigenvalue weighted by molar-refractivity contribution is 7.89. The van der Waals surface area contributed by atoms with E-state index in [9.17, 15) is 13.2 Å². The number of nitrogens with zero attached hydrogens (tertiary/aromatic N) is 1. The molecule has 1 fully saturated rings. The standard InChI is InChI=1S/C19H22ClN3O4S/c20-15-5-1-4-8-18(15)28(25,26)21-10-9-19(24)22-16-6-2-3-7-17(16)23-11-13-27-14-12-23/h1-8,21H,9-14H2,(H,22,24). The van der Waals surface area contributed by atoms with Crippen LogP contribution < -0.4 is 14.9 Å². The first kappa shape index (κ1) is 20.6. The third-order valence-corrected chi connectivity index (χ3v) is 6.26. The second-order valence-electron chi connectivity index (χ2n) is 6.24. The lowest BCUT2D eigenvalue weighted by atomic mass is 10.2. The predicted molar refractivity (Wildman–Crippen MR) is 109 cm³/mol. The van der Waals surface area contributed by atoms with Gasteiger partial charge in [0.1, 0.15) is 4.90 Å². The largest absolute Gasteiger partial charge is 0.378 e. The van der Waals surface area contributed by atoms with Crippen LogP contribution in [0.15, 0.2) is 53.4 Å². The average molecular weight is 424 g/mol. The van der Waals surface area contributed by atoms with Crippen molar-refractivity contribution in [1.82, 2.24) is 4.72 Å². The van der Waals surface area contributed by atoms with Crippen molar-refractivity contribution < 1.29 is 17.9 Å². The van der Waals surface area contributed by atoms with Gasteiger partial charge in [-0.05, 0) is 24.3 Å². The summed E-state index contributed by atoms with van der Waals surface area (Å²) >= 11 is 5.94. The normalized spacial score (nSPS) is 14.7. The van der Waals surface area contributed by atoms with Gasteiger partial charge in [-0.2, -0.15) is 0 Å². The molecule has 2 N–H and O–H groups in total. The molecule has 9 heteroatoms. The summed E-state index contributed by atoms with van der Waals surface area (Å²) in [7, 11) is -3.77. The average Bonchev–Trinajstić information content (AvgIpc) is 2.69. The van der Waals surface area contributed by atoms with Crippen molar-refractivity contribution in [2.24, 2.45) is 0 Å². The van der Waals surface area contributed by atoms with Gasteiger partial charge in [0.15, 0.2) is 0 Å². The van der Waals surface area contributed by atoms with Crippen LogP contribution in [0.2, 0.25) is 5.02 Å². The quantitative estimate of drug-likeness (QED) is 0.714.